The summed E-state index contributed by atoms with van der Waals surface area (Å²) >= 11 is 0. The van der Waals surface area contributed by atoms with Gasteiger partial charge in [-0.1, -0.05) is 37.5 Å². The number of hydrogen-bond acceptors (Lipinski definition) is 3. The summed E-state index contributed by atoms with van der Waals surface area (Å²) in [6.45, 7) is 2.37. The Kier molecular flexibility index (Phi) is 6.88. The van der Waals surface area contributed by atoms with Crippen molar-refractivity contribution in [2.75, 3.05) is 16.8 Å². The molecule has 6 nitrogen and oxygen atoms in total. The Balaban J connectivity index is 1.29. The minimum Gasteiger partial charge on any atom is -0.345 e. The maximum Gasteiger partial charge on any atom is 0.258 e. The maximum atomic E-state index is 12.9. The number of hydrogen-bond donors (Lipinski definition) is 2. The summed E-state index contributed by atoms with van der Waals surface area (Å²) < 4.78 is 0. The standard InChI is InChI=1S/C26H31N3O3/c1-18(27-24(30)17-19-7-3-2-4-8-19)25(31)28-22-13-11-21(12-14-22)26(32)29-16-15-20-9-5-6-10-23(20)29/h5-6,9-14,18-19H,2-4,7-8,15-17H2,1H3,(H,27,30)(H,28,31). The van der Waals surface area contributed by atoms with Crippen LogP contribution in [0.1, 0.15) is 61.4 Å². The third-order valence-electron chi connectivity index (χ3n) is 6.50. The van der Waals surface area contributed by atoms with E-state index in [2.05, 4.69) is 16.7 Å². The molecule has 1 unspecified atom stereocenters. The van der Waals surface area contributed by atoms with Crippen molar-refractivity contribution in [3.8, 4) is 0 Å². The van der Waals surface area contributed by atoms with Crippen molar-refractivity contribution in [3.05, 3.63) is 59.7 Å². The van der Waals surface area contributed by atoms with E-state index in [1.54, 1.807) is 36.1 Å². The first-order valence-corrected chi connectivity index (χ1v) is 11.6. The molecule has 1 aliphatic heterocycles. The fourth-order valence-corrected chi connectivity index (χ4v) is 4.67. The minimum absolute atomic E-state index is 0.0452. The zero-order valence-corrected chi connectivity index (χ0v) is 18.6. The van der Waals surface area contributed by atoms with E-state index in [1.165, 1.54) is 24.8 Å². The van der Waals surface area contributed by atoms with Crippen molar-refractivity contribution in [3.63, 3.8) is 0 Å². The number of benzene rings is 2. The number of nitrogens with one attached hydrogen (secondary N) is 2. The molecule has 1 aliphatic carbocycles. The summed E-state index contributed by atoms with van der Waals surface area (Å²) in [7, 11) is 0. The van der Waals surface area contributed by atoms with Crippen LogP contribution in [-0.2, 0) is 16.0 Å². The number of carbonyl (C=O) groups is 3. The van der Waals surface area contributed by atoms with Crippen LogP contribution < -0.4 is 15.5 Å². The lowest BCUT2D eigenvalue weighted by Gasteiger charge is -2.22. The van der Waals surface area contributed by atoms with Crippen LogP contribution in [0.4, 0.5) is 11.4 Å². The molecule has 168 valence electrons. The lowest BCUT2D eigenvalue weighted by atomic mass is 9.87. The second-order valence-corrected chi connectivity index (χ2v) is 8.90. The average Bonchev–Trinajstić information content (AvgIpc) is 3.24. The number of amides is 3. The van der Waals surface area contributed by atoms with Crippen LogP contribution in [0.2, 0.25) is 0 Å². The smallest absolute Gasteiger partial charge is 0.258 e. The summed E-state index contributed by atoms with van der Waals surface area (Å²) in [6, 6.07) is 14.2. The van der Waals surface area contributed by atoms with E-state index in [0.717, 1.165) is 24.9 Å². The van der Waals surface area contributed by atoms with E-state index in [4.69, 9.17) is 0 Å². The van der Waals surface area contributed by atoms with Crippen molar-refractivity contribution < 1.29 is 14.4 Å². The van der Waals surface area contributed by atoms with Crippen molar-refractivity contribution in [2.24, 2.45) is 5.92 Å². The molecule has 1 fully saturated rings. The summed E-state index contributed by atoms with van der Waals surface area (Å²) in [5.41, 5.74) is 3.33. The SMILES string of the molecule is CC(NC(=O)CC1CCCCC1)C(=O)Nc1ccc(C(=O)N2CCc3ccccc32)cc1. The molecule has 2 aromatic carbocycles. The largest absolute Gasteiger partial charge is 0.345 e. The Hall–Kier alpha value is -3.15. The van der Waals surface area contributed by atoms with E-state index < -0.39 is 6.04 Å². The molecule has 2 aromatic rings. The molecule has 0 saturated heterocycles. The molecule has 1 heterocycles. The van der Waals surface area contributed by atoms with Crippen LogP contribution in [0.15, 0.2) is 48.5 Å². The molecule has 6 heteroatoms. The third kappa shape index (κ3) is 5.18. The van der Waals surface area contributed by atoms with E-state index in [-0.39, 0.29) is 17.7 Å². The second-order valence-electron chi connectivity index (χ2n) is 8.90. The lowest BCUT2D eigenvalue weighted by Crippen LogP contribution is -2.42. The van der Waals surface area contributed by atoms with E-state index in [0.29, 0.717) is 30.1 Å². The number of para-hydroxylation sites is 1. The molecule has 4 rings (SSSR count). The highest BCUT2D eigenvalue weighted by Gasteiger charge is 2.25. The Bertz CT molecular complexity index is 980. The lowest BCUT2D eigenvalue weighted by molar-refractivity contribution is -0.126. The van der Waals surface area contributed by atoms with E-state index in [9.17, 15) is 14.4 Å². The summed E-state index contributed by atoms with van der Waals surface area (Å²) in [6.07, 6.45) is 7.19. The number of rotatable bonds is 6. The van der Waals surface area contributed by atoms with Gasteiger partial charge < -0.3 is 15.5 Å². The number of carbonyl (C=O) groups excluding carboxylic acids is 3. The van der Waals surface area contributed by atoms with E-state index >= 15 is 0 Å². The number of fused-ring (bicyclic) bond motifs is 1. The Labute approximate surface area is 189 Å². The maximum absolute atomic E-state index is 12.9. The molecule has 32 heavy (non-hydrogen) atoms. The summed E-state index contributed by atoms with van der Waals surface area (Å²) in [4.78, 5) is 39.5. The van der Waals surface area contributed by atoms with Crippen LogP contribution in [0.3, 0.4) is 0 Å². The fourth-order valence-electron chi connectivity index (χ4n) is 4.67. The normalized spacial score (nSPS) is 16.8. The van der Waals surface area contributed by atoms with Gasteiger partial charge in [0.2, 0.25) is 11.8 Å². The van der Waals surface area contributed by atoms with Crippen LogP contribution in [0.5, 0.6) is 0 Å². The third-order valence-corrected chi connectivity index (χ3v) is 6.50. The number of anilines is 2. The fraction of sp³-hybridized carbons (Fsp3) is 0.423. The van der Waals surface area contributed by atoms with Crippen molar-refractivity contribution >= 4 is 29.1 Å². The predicted octanol–water partition coefficient (Wildman–Crippen LogP) is 4.30. The Morgan fingerprint density at radius 2 is 1.72 bits per heavy atom. The van der Waals surface area contributed by atoms with Crippen LogP contribution in [0, 0.1) is 5.92 Å². The van der Waals surface area contributed by atoms with Gasteiger partial charge in [-0.15, -0.1) is 0 Å². The molecule has 2 aliphatic rings. The highest BCUT2D eigenvalue weighted by Crippen LogP contribution is 2.29. The molecular formula is C26H31N3O3. The quantitative estimate of drug-likeness (QED) is 0.713. The molecule has 0 aromatic heterocycles. The molecule has 0 spiro atoms. The van der Waals surface area contributed by atoms with Gasteiger partial charge in [0.25, 0.3) is 5.91 Å². The highest BCUT2D eigenvalue weighted by atomic mass is 16.2. The van der Waals surface area contributed by atoms with Crippen molar-refractivity contribution in [1.29, 1.82) is 0 Å². The van der Waals surface area contributed by atoms with Gasteiger partial charge in [-0.25, -0.2) is 0 Å². The summed E-state index contributed by atoms with van der Waals surface area (Å²) in [5, 5.41) is 5.63. The topological polar surface area (TPSA) is 78.5 Å². The molecule has 0 radical (unpaired) electrons. The van der Waals surface area contributed by atoms with Crippen LogP contribution in [0.25, 0.3) is 0 Å². The first kappa shape index (κ1) is 22.1. The molecule has 2 N–H and O–H groups in total. The van der Waals surface area contributed by atoms with Gasteiger partial charge in [-0.2, -0.15) is 0 Å². The Morgan fingerprint density at radius 3 is 2.47 bits per heavy atom. The first-order chi connectivity index (χ1) is 15.5. The van der Waals surface area contributed by atoms with Gasteiger partial charge >= 0.3 is 0 Å². The molecule has 0 bridgehead atoms. The molecule has 3 amide bonds. The van der Waals surface area contributed by atoms with Crippen LogP contribution >= 0.6 is 0 Å². The first-order valence-electron chi connectivity index (χ1n) is 11.6. The van der Waals surface area contributed by atoms with E-state index in [1.807, 2.05) is 18.2 Å². The summed E-state index contributed by atoms with van der Waals surface area (Å²) in [5.74, 6) is 0.0590. The average molecular weight is 434 g/mol. The van der Waals surface area contributed by atoms with Gasteiger partial charge in [0, 0.05) is 29.9 Å². The minimum atomic E-state index is -0.617. The predicted molar refractivity (Wildman–Crippen MR) is 126 cm³/mol. The highest BCUT2D eigenvalue weighted by molar-refractivity contribution is 6.07. The van der Waals surface area contributed by atoms with Gasteiger partial charge in [0.1, 0.15) is 6.04 Å². The van der Waals surface area contributed by atoms with Gasteiger partial charge in [-0.3, -0.25) is 14.4 Å². The molecule has 1 atom stereocenters. The van der Waals surface area contributed by atoms with Crippen LogP contribution in [-0.4, -0.2) is 30.3 Å². The van der Waals surface area contributed by atoms with Crippen molar-refractivity contribution in [1.82, 2.24) is 5.32 Å². The van der Waals surface area contributed by atoms with Gasteiger partial charge in [-0.05, 0) is 68.0 Å². The van der Waals surface area contributed by atoms with Gasteiger partial charge in [0.05, 0.1) is 0 Å². The molecular weight excluding hydrogens is 402 g/mol. The Morgan fingerprint density at radius 1 is 1.00 bits per heavy atom. The monoisotopic (exact) mass is 433 g/mol. The number of nitrogens with zero attached hydrogens (tertiary/aromatic N) is 1. The zero-order valence-electron chi connectivity index (χ0n) is 18.6. The van der Waals surface area contributed by atoms with Gasteiger partial charge in [0.15, 0.2) is 0 Å². The molecule has 1 saturated carbocycles. The van der Waals surface area contributed by atoms with Crippen molar-refractivity contribution in [2.45, 2.75) is 57.9 Å². The second kappa shape index (κ2) is 9.98. The zero-order chi connectivity index (χ0) is 22.5.